The maximum absolute atomic E-state index is 12.2. The van der Waals surface area contributed by atoms with Crippen molar-refractivity contribution in [3.05, 3.63) is 0 Å². The van der Waals surface area contributed by atoms with Crippen LogP contribution in [0.1, 0.15) is 58.3 Å². The zero-order chi connectivity index (χ0) is 17.5. The van der Waals surface area contributed by atoms with E-state index in [0.717, 1.165) is 51.4 Å². The minimum absolute atomic E-state index is 0.0889. The summed E-state index contributed by atoms with van der Waals surface area (Å²) in [5.74, 6) is 0.360. The molecule has 2 aliphatic rings. The lowest BCUT2D eigenvalue weighted by molar-refractivity contribution is -0.191. The smallest absolute Gasteiger partial charge is 0.311 e. The minimum Gasteiger partial charge on any atom is -0.425 e. The molecule has 0 saturated heterocycles. The molecule has 0 aliphatic heterocycles. The SMILES string of the molecule is CC(OC(=O)C1CCC(CN)CC1)OC(=O)C1CCC(CN)CC1. The summed E-state index contributed by atoms with van der Waals surface area (Å²) in [6.07, 6.45) is 6.29. The van der Waals surface area contributed by atoms with Gasteiger partial charge in [-0.3, -0.25) is 9.59 Å². The van der Waals surface area contributed by atoms with Crippen LogP contribution >= 0.6 is 0 Å². The van der Waals surface area contributed by atoms with Gasteiger partial charge in [0, 0.05) is 6.92 Å². The van der Waals surface area contributed by atoms with Crippen LogP contribution in [0.2, 0.25) is 0 Å². The maximum Gasteiger partial charge on any atom is 0.311 e. The Morgan fingerprint density at radius 1 is 0.792 bits per heavy atom. The molecule has 0 spiro atoms. The van der Waals surface area contributed by atoms with Crippen molar-refractivity contribution in [1.29, 1.82) is 0 Å². The third-order valence-corrected chi connectivity index (χ3v) is 5.59. The standard InChI is InChI=1S/C18H32N2O4/c1-12(23-17(21)15-6-2-13(10-19)3-7-15)24-18(22)16-8-4-14(11-20)5-9-16/h12-16H,2-11,19-20H2,1H3. The van der Waals surface area contributed by atoms with Gasteiger partial charge in [0.15, 0.2) is 0 Å². The quantitative estimate of drug-likeness (QED) is 0.565. The van der Waals surface area contributed by atoms with Crippen LogP contribution in [0.3, 0.4) is 0 Å². The van der Waals surface area contributed by atoms with Crippen molar-refractivity contribution in [2.75, 3.05) is 13.1 Å². The summed E-state index contributed by atoms with van der Waals surface area (Å²) in [4.78, 5) is 24.4. The number of carbonyl (C=O) groups excluding carboxylic acids is 2. The second-order valence-electron chi connectivity index (χ2n) is 7.35. The molecule has 24 heavy (non-hydrogen) atoms. The Morgan fingerprint density at radius 2 is 1.12 bits per heavy atom. The van der Waals surface area contributed by atoms with Gasteiger partial charge in [-0.25, -0.2) is 0 Å². The van der Waals surface area contributed by atoms with Gasteiger partial charge < -0.3 is 20.9 Å². The topological polar surface area (TPSA) is 105 Å². The highest BCUT2D eigenvalue weighted by atomic mass is 16.7. The fraction of sp³-hybridized carbons (Fsp3) is 0.889. The Morgan fingerprint density at radius 3 is 1.42 bits per heavy atom. The van der Waals surface area contributed by atoms with Crippen molar-refractivity contribution in [1.82, 2.24) is 0 Å². The summed E-state index contributed by atoms with van der Waals surface area (Å²) in [7, 11) is 0. The highest BCUT2D eigenvalue weighted by molar-refractivity contribution is 5.74. The van der Waals surface area contributed by atoms with E-state index < -0.39 is 6.29 Å². The van der Waals surface area contributed by atoms with E-state index in [9.17, 15) is 9.59 Å². The van der Waals surface area contributed by atoms with Gasteiger partial charge in [0.1, 0.15) is 0 Å². The van der Waals surface area contributed by atoms with Gasteiger partial charge in [-0.15, -0.1) is 0 Å². The molecule has 0 unspecified atom stereocenters. The number of ether oxygens (including phenoxy) is 2. The van der Waals surface area contributed by atoms with Crippen molar-refractivity contribution < 1.29 is 19.1 Å². The van der Waals surface area contributed by atoms with Crippen LogP contribution in [0, 0.1) is 23.7 Å². The molecule has 6 heteroatoms. The fourth-order valence-corrected chi connectivity index (χ4v) is 3.81. The molecule has 4 N–H and O–H groups in total. The first kappa shape index (κ1) is 19.2. The number of rotatable bonds is 6. The van der Waals surface area contributed by atoms with E-state index in [1.807, 2.05) is 0 Å². The highest BCUT2D eigenvalue weighted by Gasteiger charge is 2.31. The lowest BCUT2D eigenvalue weighted by Gasteiger charge is -2.28. The molecule has 2 rings (SSSR count). The van der Waals surface area contributed by atoms with Crippen LogP contribution < -0.4 is 11.5 Å². The number of hydrogen-bond acceptors (Lipinski definition) is 6. The predicted octanol–water partition coefficient (Wildman–Crippen LogP) is 1.95. The lowest BCUT2D eigenvalue weighted by atomic mass is 9.82. The van der Waals surface area contributed by atoms with Gasteiger partial charge in [0.25, 0.3) is 0 Å². The molecule has 0 aromatic carbocycles. The van der Waals surface area contributed by atoms with E-state index in [0.29, 0.717) is 24.9 Å². The molecule has 0 atom stereocenters. The maximum atomic E-state index is 12.2. The van der Waals surface area contributed by atoms with Gasteiger partial charge in [-0.1, -0.05) is 0 Å². The molecule has 2 saturated carbocycles. The van der Waals surface area contributed by atoms with Gasteiger partial charge in [0.05, 0.1) is 11.8 Å². The van der Waals surface area contributed by atoms with Gasteiger partial charge in [0.2, 0.25) is 6.29 Å². The molecule has 0 radical (unpaired) electrons. The molecule has 0 bridgehead atoms. The molecular formula is C18H32N2O4. The molecule has 2 aliphatic carbocycles. The largest absolute Gasteiger partial charge is 0.425 e. The van der Waals surface area contributed by atoms with Crippen molar-refractivity contribution in [3.63, 3.8) is 0 Å². The predicted molar refractivity (Wildman–Crippen MR) is 90.7 cm³/mol. The first-order valence-electron chi connectivity index (χ1n) is 9.34. The Labute approximate surface area is 144 Å². The molecule has 0 amide bonds. The van der Waals surface area contributed by atoms with Gasteiger partial charge in [-0.05, 0) is 76.3 Å². The normalized spacial score (nSPS) is 32.0. The van der Waals surface area contributed by atoms with Gasteiger partial charge >= 0.3 is 11.9 Å². The average molecular weight is 340 g/mol. The Bertz CT molecular complexity index is 375. The second kappa shape index (κ2) is 9.37. The molecule has 2 fully saturated rings. The summed E-state index contributed by atoms with van der Waals surface area (Å²) in [5, 5.41) is 0. The minimum atomic E-state index is -0.815. The summed E-state index contributed by atoms with van der Waals surface area (Å²) in [6, 6.07) is 0. The van der Waals surface area contributed by atoms with E-state index in [1.54, 1.807) is 6.92 Å². The van der Waals surface area contributed by atoms with E-state index in [2.05, 4.69) is 0 Å². The van der Waals surface area contributed by atoms with Crippen LogP contribution in [-0.4, -0.2) is 31.3 Å². The van der Waals surface area contributed by atoms with E-state index in [-0.39, 0.29) is 23.8 Å². The van der Waals surface area contributed by atoms with Crippen molar-refractivity contribution in [2.24, 2.45) is 35.1 Å². The number of hydrogen-bond donors (Lipinski definition) is 2. The summed E-state index contributed by atoms with van der Waals surface area (Å²) >= 11 is 0. The number of nitrogens with two attached hydrogens (primary N) is 2. The fourth-order valence-electron chi connectivity index (χ4n) is 3.81. The van der Waals surface area contributed by atoms with Crippen LogP contribution in [0.15, 0.2) is 0 Å². The summed E-state index contributed by atoms with van der Waals surface area (Å²) < 4.78 is 10.7. The number of esters is 2. The van der Waals surface area contributed by atoms with E-state index >= 15 is 0 Å². The van der Waals surface area contributed by atoms with Crippen molar-refractivity contribution >= 4 is 11.9 Å². The molecule has 0 heterocycles. The summed E-state index contributed by atoms with van der Waals surface area (Å²) in [6.45, 7) is 2.98. The Kier molecular flexibility index (Phi) is 7.49. The second-order valence-corrected chi connectivity index (χ2v) is 7.35. The van der Waals surface area contributed by atoms with Crippen molar-refractivity contribution in [3.8, 4) is 0 Å². The third-order valence-electron chi connectivity index (χ3n) is 5.59. The molecule has 138 valence electrons. The number of carbonyl (C=O) groups is 2. The molecule has 0 aromatic heterocycles. The van der Waals surface area contributed by atoms with E-state index in [1.165, 1.54) is 0 Å². The van der Waals surface area contributed by atoms with Crippen LogP contribution in [0.25, 0.3) is 0 Å². The lowest BCUT2D eigenvalue weighted by Crippen LogP contribution is -2.32. The highest BCUT2D eigenvalue weighted by Crippen LogP contribution is 2.30. The monoisotopic (exact) mass is 340 g/mol. The zero-order valence-corrected chi connectivity index (χ0v) is 14.7. The first-order valence-corrected chi connectivity index (χ1v) is 9.34. The average Bonchev–Trinajstić information content (AvgIpc) is 2.61. The first-order chi connectivity index (χ1) is 11.5. The van der Waals surface area contributed by atoms with Crippen molar-refractivity contribution in [2.45, 2.75) is 64.6 Å². The Hall–Kier alpha value is -1.14. The van der Waals surface area contributed by atoms with Crippen LogP contribution in [0.5, 0.6) is 0 Å². The van der Waals surface area contributed by atoms with Gasteiger partial charge in [-0.2, -0.15) is 0 Å². The molecular weight excluding hydrogens is 308 g/mol. The Balaban J connectivity index is 1.69. The molecule has 6 nitrogen and oxygen atoms in total. The third kappa shape index (κ3) is 5.45. The van der Waals surface area contributed by atoms with Crippen LogP contribution in [0.4, 0.5) is 0 Å². The van der Waals surface area contributed by atoms with Crippen LogP contribution in [-0.2, 0) is 19.1 Å². The zero-order valence-electron chi connectivity index (χ0n) is 14.7. The van der Waals surface area contributed by atoms with E-state index in [4.69, 9.17) is 20.9 Å². The summed E-state index contributed by atoms with van der Waals surface area (Å²) in [5.41, 5.74) is 11.3. The molecule has 0 aromatic rings.